The van der Waals surface area contributed by atoms with Gasteiger partial charge in [-0.2, -0.15) is 4.98 Å². The lowest BCUT2D eigenvalue weighted by Crippen LogP contribution is -2.42. The molecule has 0 aromatic carbocycles. The third-order valence-corrected chi connectivity index (χ3v) is 4.42. The second-order valence-electron chi connectivity index (χ2n) is 5.79. The van der Waals surface area contributed by atoms with Crippen LogP contribution in [0, 0.1) is 6.92 Å². The number of thiophene rings is 1. The molecule has 0 aliphatic carbocycles. The number of amides is 2. The Morgan fingerprint density at radius 3 is 2.67 bits per heavy atom. The molecule has 2 aromatic rings. The van der Waals surface area contributed by atoms with E-state index in [1.165, 1.54) is 11.3 Å². The summed E-state index contributed by atoms with van der Waals surface area (Å²) in [7, 11) is 0. The lowest BCUT2D eigenvalue weighted by atomic mass is 10.0. The summed E-state index contributed by atoms with van der Waals surface area (Å²) >= 11 is 1.39. The standard InChI is InChI=1S/C15H16N4O4S/c1-7-4-5-8(24-7)12(21)19-15(2,3)14-17-9(11(16)20)10-13(18-14)23-6-22-10/h4-5H,6H2,1-3H3,(H2,16,20)(H,19,21). The Hall–Kier alpha value is -2.68. The minimum absolute atomic E-state index is 0.0605. The van der Waals surface area contributed by atoms with Crippen molar-refractivity contribution in [2.75, 3.05) is 6.79 Å². The van der Waals surface area contributed by atoms with Crippen LogP contribution in [0.2, 0.25) is 0 Å². The molecule has 3 N–H and O–H groups in total. The quantitative estimate of drug-likeness (QED) is 0.861. The fraction of sp³-hybridized carbons (Fsp3) is 0.333. The van der Waals surface area contributed by atoms with Crippen LogP contribution in [0.15, 0.2) is 12.1 Å². The van der Waals surface area contributed by atoms with E-state index >= 15 is 0 Å². The summed E-state index contributed by atoms with van der Waals surface area (Å²) in [6, 6.07) is 3.62. The van der Waals surface area contributed by atoms with Gasteiger partial charge in [0.25, 0.3) is 17.7 Å². The topological polar surface area (TPSA) is 116 Å². The van der Waals surface area contributed by atoms with E-state index in [0.717, 1.165) is 4.88 Å². The Balaban J connectivity index is 1.93. The third-order valence-electron chi connectivity index (χ3n) is 3.42. The highest BCUT2D eigenvalue weighted by molar-refractivity contribution is 7.13. The first-order valence-electron chi connectivity index (χ1n) is 7.15. The van der Waals surface area contributed by atoms with Gasteiger partial charge in [0.1, 0.15) is 0 Å². The second-order valence-corrected chi connectivity index (χ2v) is 7.08. The minimum atomic E-state index is -0.944. The highest BCUT2D eigenvalue weighted by Gasteiger charge is 2.33. The molecule has 1 aliphatic heterocycles. The molecule has 9 heteroatoms. The van der Waals surface area contributed by atoms with E-state index < -0.39 is 11.4 Å². The molecule has 2 aromatic heterocycles. The van der Waals surface area contributed by atoms with E-state index in [4.69, 9.17) is 15.2 Å². The Bertz CT molecular complexity index is 831. The van der Waals surface area contributed by atoms with Gasteiger partial charge in [0.05, 0.1) is 10.4 Å². The van der Waals surface area contributed by atoms with Crippen molar-refractivity contribution in [3.8, 4) is 11.6 Å². The molecule has 0 saturated heterocycles. The number of nitrogens with two attached hydrogens (primary N) is 1. The molecule has 3 rings (SSSR count). The number of ether oxygens (including phenoxy) is 2. The van der Waals surface area contributed by atoms with Crippen molar-refractivity contribution in [2.24, 2.45) is 5.73 Å². The van der Waals surface area contributed by atoms with Gasteiger partial charge < -0.3 is 20.5 Å². The fourth-order valence-corrected chi connectivity index (χ4v) is 2.97. The lowest BCUT2D eigenvalue weighted by molar-refractivity contribution is 0.0912. The predicted octanol–water partition coefficient (Wildman–Crippen LogP) is 1.34. The van der Waals surface area contributed by atoms with Crippen molar-refractivity contribution in [1.82, 2.24) is 15.3 Å². The number of rotatable bonds is 4. The second kappa shape index (κ2) is 5.75. The van der Waals surface area contributed by atoms with Gasteiger partial charge in [0.2, 0.25) is 12.5 Å². The zero-order valence-electron chi connectivity index (χ0n) is 13.4. The van der Waals surface area contributed by atoms with Gasteiger partial charge in [-0.1, -0.05) is 0 Å². The van der Waals surface area contributed by atoms with E-state index in [0.29, 0.717) is 4.88 Å². The smallest absolute Gasteiger partial charge is 0.271 e. The number of aryl methyl sites for hydroxylation is 1. The van der Waals surface area contributed by atoms with E-state index in [1.54, 1.807) is 19.9 Å². The molecule has 0 saturated carbocycles. The number of fused-ring (bicyclic) bond motifs is 1. The maximum Gasteiger partial charge on any atom is 0.271 e. The van der Waals surface area contributed by atoms with E-state index in [-0.39, 0.29) is 35.8 Å². The summed E-state index contributed by atoms with van der Waals surface area (Å²) in [6.07, 6.45) is 0. The summed E-state index contributed by atoms with van der Waals surface area (Å²) in [5.74, 6) is -0.524. The van der Waals surface area contributed by atoms with Crippen LogP contribution in [0.25, 0.3) is 0 Å². The van der Waals surface area contributed by atoms with Crippen LogP contribution < -0.4 is 20.5 Å². The summed E-state index contributed by atoms with van der Waals surface area (Å²) in [5, 5.41) is 2.86. The van der Waals surface area contributed by atoms with Gasteiger partial charge >= 0.3 is 0 Å². The van der Waals surface area contributed by atoms with Gasteiger partial charge in [0, 0.05) is 4.88 Å². The minimum Gasteiger partial charge on any atom is -0.449 e. The van der Waals surface area contributed by atoms with E-state index in [1.807, 2.05) is 13.0 Å². The molecular formula is C15H16N4O4S. The monoisotopic (exact) mass is 348 g/mol. The number of carbonyl (C=O) groups is 2. The summed E-state index contributed by atoms with van der Waals surface area (Å²) in [5.41, 5.74) is 4.33. The molecule has 1 aliphatic rings. The zero-order valence-corrected chi connectivity index (χ0v) is 14.2. The first kappa shape index (κ1) is 16.2. The summed E-state index contributed by atoms with van der Waals surface area (Å²) in [4.78, 5) is 34.0. The number of nitrogens with one attached hydrogen (secondary N) is 1. The van der Waals surface area contributed by atoms with Gasteiger partial charge in [-0.3, -0.25) is 9.59 Å². The average molecular weight is 348 g/mol. The van der Waals surface area contributed by atoms with Gasteiger partial charge in [-0.15, -0.1) is 11.3 Å². The molecule has 8 nitrogen and oxygen atoms in total. The molecule has 0 radical (unpaired) electrons. The maximum absolute atomic E-state index is 12.4. The summed E-state index contributed by atoms with van der Waals surface area (Å²) < 4.78 is 10.4. The Kier molecular flexibility index (Phi) is 3.88. The van der Waals surface area contributed by atoms with Crippen LogP contribution in [0.3, 0.4) is 0 Å². The molecule has 24 heavy (non-hydrogen) atoms. The van der Waals surface area contributed by atoms with Crippen molar-refractivity contribution >= 4 is 23.2 Å². The first-order valence-corrected chi connectivity index (χ1v) is 7.96. The molecule has 0 atom stereocenters. The normalized spacial score (nSPS) is 13.0. The lowest BCUT2D eigenvalue weighted by Gasteiger charge is -2.24. The first-order chi connectivity index (χ1) is 11.3. The van der Waals surface area contributed by atoms with Crippen molar-refractivity contribution in [3.63, 3.8) is 0 Å². The van der Waals surface area contributed by atoms with Crippen LogP contribution >= 0.6 is 11.3 Å². The van der Waals surface area contributed by atoms with Gasteiger partial charge in [-0.05, 0) is 32.9 Å². The zero-order chi connectivity index (χ0) is 17.5. The SMILES string of the molecule is Cc1ccc(C(=O)NC(C)(C)c2nc3c(c(C(N)=O)n2)OCO3)s1. The highest BCUT2D eigenvalue weighted by atomic mass is 32.1. The van der Waals surface area contributed by atoms with Crippen molar-refractivity contribution in [2.45, 2.75) is 26.3 Å². The largest absolute Gasteiger partial charge is 0.449 e. The van der Waals surface area contributed by atoms with Crippen LogP contribution in [-0.2, 0) is 5.54 Å². The van der Waals surface area contributed by atoms with Gasteiger partial charge in [0.15, 0.2) is 11.5 Å². The molecule has 0 unspecified atom stereocenters. The van der Waals surface area contributed by atoms with Crippen LogP contribution in [0.5, 0.6) is 11.6 Å². The van der Waals surface area contributed by atoms with Crippen LogP contribution in [0.1, 0.15) is 44.7 Å². The van der Waals surface area contributed by atoms with E-state index in [2.05, 4.69) is 15.3 Å². The number of hydrogen-bond acceptors (Lipinski definition) is 7. The molecule has 3 heterocycles. The fourth-order valence-electron chi connectivity index (χ4n) is 2.21. The molecule has 2 amide bonds. The van der Waals surface area contributed by atoms with Crippen molar-refractivity contribution in [1.29, 1.82) is 0 Å². The number of nitrogens with zero attached hydrogens (tertiary/aromatic N) is 2. The number of hydrogen-bond donors (Lipinski definition) is 2. The summed E-state index contributed by atoms with van der Waals surface area (Å²) in [6.45, 7) is 5.32. The number of primary amides is 1. The van der Waals surface area contributed by atoms with Crippen LogP contribution in [0.4, 0.5) is 0 Å². The highest BCUT2D eigenvalue weighted by Crippen LogP contribution is 2.34. The molecule has 0 bridgehead atoms. The molecule has 126 valence electrons. The van der Waals surface area contributed by atoms with Crippen molar-refractivity contribution < 1.29 is 19.1 Å². The Morgan fingerprint density at radius 2 is 2.04 bits per heavy atom. The number of carbonyl (C=O) groups excluding carboxylic acids is 2. The molecule has 0 fully saturated rings. The van der Waals surface area contributed by atoms with E-state index in [9.17, 15) is 9.59 Å². The number of aromatic nitrogens is 2. The Labute approximate surface area is 142 Å². The molecule has 0 spiro atoms. The van der Waals surface area contributed by atoms with Crippen molar-refractivity contribution in [3.05, 3.63) is 33.4 Å². The van der Waals surface area contributed by atoms with Crippen LogP contribution in [-0.4, -0.2) is 28.6 Å². The average Bonchev–Trinajstić information content (AvgIpc) is 3.13. The third kappa shape index (κ3) is 2.90. The molecular weight excluding hydrogens is 332 g/mol. The Morgan fingerprint density at radius 1 is 1.29 bits per heavy atom. The maximum atomic E-state index is 12.4. The predicted molar refractivity (Wildman–Crippen MR) is 86.2 cm³/mol. The van der Waals surface area contributed by atoms with Gasteiger partial charge in [-0.25, -0.2) is 4.98 Å².